The van der Waals surface area contributed by atoms with E-state index in [0.29, 0.717) is 6.04 Å². The molecule has 1 amide bonds. The van der Waals surface area contributed by atoms with Gasteiger partial charge in [0.2, 0.25) is 11.7 Å². The Morgan fingerprint density at radius 3 is 2.22 bits per heavy atom. The van der Waals surface area contributed by atoms with Crippen molar-refractivity contribution in [2.45, 2.75) is 63.8 Å². The number of nitrogens with zero attached hydrogens (tertiary/aromatic N) is 2. The summed E-state index contributed by atoms with van der Waals surface area (Å²) in [6, 6.07) is 20.9. The van der Waals surface area contributed by atoms with E-state index < -0.39 is 5.41 Å². The molecule has 0 unspecified atom stereocenters. The molecular weight excluding hydrogens is 394 g/mol. The van der Waals surface area contributed by atoms with E-state index in [1.807, 2.05) is 36.4 Å². The Balaban J connectivity index is 1.63. The molecule has 32 heavy (non-hydrogen) atoms. The predicted octanol–water partition coefficient (Wildman–Crippen LogP) is 4.56. The van der Waals surface area contributed by atoms with E-state index in [0.717, 1.165) is 50.0 Å². The van der Waals surface area contributed by atoms with Crippen molar-refractivity contribution in [3.63, 3.8) is 0 Å². The standard InChI is InChI=1S/C28H37N3O/c1-3-4-11-18-30-19-20-31(22(30)2)26-17-16-25(21-26)28(27(29)32,23-12-7-5-8-13-23)24-14-9-6-10-15-24/h5-10,12-15,25-26H,3-4,11,16-21H2,1-2H3,(H-,29,32)/p+1/t25-,26+/m1/s1. The average molecular weight is 433 g/mol. The van der Waals surface area contributed by atoms with E-state index in [1.54, 1.807) is 0 Å². The smallest absolute Gasteiger partial charge is 0.244 e. The maximum Gasteiger partial charge on any atom is 0.244 e. The third kappa shape index (κ3) is 4.07. The van der Waals surface area contributed by atoms with Crippen molar-refractivity contribution in [2.75, 3.05) is 19.6 Å². The van der Waals surface area contributed by atoms with Crippen LogP contribution >= 0.6 is 0 Å². The first-order valence-corrected chi connectivity index (χ1v) is 12.3. The molecule has 0 saturated heterocycles. The van der Waals surface area contributed by atoms with Gasteiger partial charge in [0, 0.05) is 6.92 Å². The molecule has 2 N–H and O–H groups in total. The SMILES string of the molecule is CCCCC[N+]1=C(C)N([C@H]2CC[C@@H](C(C(N)=O)(c3ccccc3)c3ccccc3)C2)CC1. The van der Waals surface area contributed by atoms with Gasteiger partial charge in [-0.3, -0.25) is 14.3 Å². The quantitative estimate of drug-likeness (QED) is 0.466. The topological polar surface area (TPSA) is 49.3 Å². The molecule has 2 aromatic carbocycles. The highest BCUT2D eigenvalue weighted by Crippen LogP contribution is 2.48. The van der Waals surface area contributed by atoms with Crippen molar-refractivity contribution in [1.82, 2.24) is 4.90 Å². The van der Waals surface area contributed by atoms with Gasteiger partial charge in [-0.2, -0.15) is 0 Å². The summed E-state index contributed by atoms with van der Waals surface area (Å²) >= 11 is 0. The fraction of sp³-hybridized carbons (Fsp3) is 0.500. The lowest BCUT2D eigenvalue weighted by Gasteiger charge is -2.37. The van der Waals surface area contributed by atoms with Gasteiger partial charge in [-0.1, -0.05) is 74.0 Å². The van der Waals surface area contributed by atoms with Crippen LogP contribution in [0.5, 0.6) is 0 Å². The summed E-state index contributed by atoms with van der Waals surface area (Å²) in [7, 11) is 0. The molecule has 4 nitrogen and oxygen atoms in total. The predicted molar refractivity (Wildman–Crippen MR) is 131 cm³/mol. The Hall–Kier alpha value is -2.62. The highest BCUT2D eigenvalue weighted by atomic mass is 16.1. The number of carbonyl (C=O) groups is 1. The number of benzene rings is 2. The Morgan fingerprint density at radius 2 is 1.66 bits per heavy atom. The molecule has 2 aliphatic rings. The van der Waals surface area contributed by atoms with Gasteiger partial charge >= 0.3 is 0 Å². The third-order valence-electron chi connectivity index (χ3n) is 7.82. The number of amides is 1. The van der Waals surface area contributed by atoms with Crippen LogP contribution < -0.4 is 5.73 Å². The molecule has 1 aliphatic carbocycles. The molecule has 1 heterocycles. The molecule has 1 aliphatic heterocycles. The van der Waals surface area contributed by atoms with Gasteiger partial charge in [0.15, 0.2) is 0 Å². The lowest BCUT2D eigenvalue weighted by Crippen LogP contribution is -2.48. The zero-order valence-corrected chi connectivity index (χ0v) is 19.7. The van der Waals surface area contributed by atoms with E-state index in [1.165, 1.54) is 25.1 Å². The van der Waals surface area contributed by atoms with E-state index in [-0.39, 0.29) is 11.8 Å². The van der Waals surface area contributed by atoms with Crippen LogP contribution in [0.3, 0.4) is 0 Å². The van der Waals surface area contributed by atoms with Crippen molar-refractivity contribution in [1.29, 1.82) is 0 Å². The zero-order valence-electron chi connectivity index (χ0n) is 19.7. The van der Waals surface area contributed by atoms with Crippen molar-refractivity contribution in [2.24, 2.45) is 11.7 Å². The van der Waals surface area contributed by atoms with Gasteiger partial charge in [-0.15, -0.1) is 0 Å². The fourth-order valence-corrected chi connectivity index (χ4v) is 6.17. The second-order valence-electron chi connectivity index (χ2n) is 9.50. The second kappa shape index (κ2) is 9.89. The number of primary amides is 1. The number of hydrogen-bond acceptors (Lipinski definition) is 2. The van der Waals surface area contributed by atoms with Crippen LogP contribution in [0.25, 0.3) is 0 Å². The lowest BCUT2D eigenvalue weighted by molar-refractivity contribution is -0.519. The summed E-state index contributed by atoms with van der Waals surface area (Å²) < 4.78 is 2.55. The minimum atomic E-state index is -0.786. The molecule has 4 rings (SSSR count). The number of hydrogen-bond donors (Lipinski definition) is 1. The maximum absolute atomic E-state index is 13.3. The summed E-state index contributed by atoms with van der Waals surface area (Å²) in [4.78, 5) is 15.9. The van der Waals surface area contributed by atoms with Crippen LogP contribution in [0.4, 0.5) is 0 Å². The third-order valence-corrected chi connectivity index (χ3v) is 7.82. The van der Waals surface area contributed by atoms with E-state index in [4.69, 9.17) is 5.73 Å². The number of carbonyl (C=O) groups excluding carboxylic acids is 1. The minimum Gasteiger partial charge on any atom is -0.369 e. The van der Waals surface area contributed by atoms with Crippen LogP contribution in [-0.4, -0.2) is 46.9 Å². The first-order valence-electron chi connectivity index (χ1n) is 12.3. The average Bonchev–Trinajstić information content (AvgIpc) is 3.43. The van der Waals surface area contributed by atoms with Gasteiger partial charge in [0.25, 0.3) is 0 Å². The largest absolute Gasteiger partial charge is 0.369 e. The van der Waals surface area contributed by atoms with Crippen molar-refractivity contribution >= 4 is 11.7 Å². The van der Waals surface area contributed by atoms with Gasteiger partial charge in [-0.25, -0.2) is 0 Å². The van der Waals surface area contributed by atoms with Crippen LogP contribution in [0.15, 0.2) is 60.7 Å². The number of amidine groups is 1. The van der Waals surface area contributed by atoms with E-state index in [2.05, 4.69) is 47.6 Å². The normalized spacial score (nSPS) is 21.4. The maximum atomic E-state index is 13.3. The van der Waals surface area contributed by atoms with Gasteiger partial charge in [0.1, 0.15) is 18.5 Å². The summed E-state index contributed by atoms with van der Waals surface area (Å²) in [5.41, 5.74) is 7.52. The molecule has 4 heteroatoms. The molecule has 1 saturated carbocycles. The summed E-state index contributed by atoms with van der Waals surface area (Å²) in [5.74, 6) is 1.37. The molecule has 1 fully saturated rings. The Labute approximate surface area is 193 Å². The number of unbranched alkanes of at least 4 members (excludes halogenated alkanes) is 2. The summed E-state index contributed by atoms with van der Waals surface area (Å²) in [6.07, 6.45) is 6.94. The van der Waals surface area contributed by atoms with Gasteiger partial charge < -0.3 is 5.73 Å². The summed E-state index contributed by atoms with van der Waals surface area (Å²) in [6.45, 7) is 7.91. The highest BCUT2D eigenvalue weighted by Gasteiger charge is 2.52. The molecule has 2 atom stereocenters. The van der Waals surface area contributed by atoms with Crippen LogP contribution in [0.2, 0.25) is 0 Å². The molecule has 0 aromatic heterocycles. The van der Waals surface area contributed by atoms with Crippen molar-refractivity contribution < 1.29 is 9.37 Å². The number of rotatable bonds is 9. The second-order valence-corrected chi connectivity index (χ2v) is 9.50. The summed E-state index contributed by atoms with van der Waals surface area (Å²) in [5, 5.41) is 0. The number of nitrogens with two attached hydrogens (primary N) is 1. The Morgan fingerprint density at radius 1 is 1.03 bits per heavy atom. The molecule has 0 spiro atoms. The first kappa shape index (κ1) is 22.6. The Bertz CT molecular complexity index is 898. The van der Waals surface area contributed by atoms with Crippen molar-refractivity contribution in [3.8, 4) is 0 Å². The lowest BCUT2D eigenvalue weighted by atomic mass is 9.64. The first-order chi connectivity index (χ1) is 15.6. The van der Waals surface area contributed by atoms with Crippen LogP contribution in [0, 0.1) is 5.92 Å². The Kier molecular flexibility index (Phi) is 6.98. The molecular formula is C28H38N3O+. The zero-order chi connectivity index (χ0) is 22.6. The van der Waals surface area contributed by atoms with E-state index >= 15 is 0 Å². The van der Waals surface area contributed by atoms with Crippen LogP contribution in [0.1, 0.15) is 63.5 Å². The van der Waals surface area contributed by atoms with E-state index in [9.17, 15) is 4.79 Å². The van der Waals surface area contributed by atoms with Crippen LogP contribution in [-0.2, 0) is 10.2 Å². The van der Waals surface area contributed by atoms with Gasteiger partial charge in [-0.05, 0) is 49.1 Å². The van der Waals surface area contributed by atoms with Gasteiger partial charge in [0.05, 0.1) is 12.6 Å². The minimum absolute atomic E-state index is 0.191. The molecule has 170 valence electrons. The molecule has 2 aromatic rings. The van der Waals surface area contributed by atoms with Crippen molar-refractivity contribution in [3.05, 3.63) is 71.8 Å². The molecule has 0 bridgehead atoms. The monoisotopic (exact) mass is 432 g/mol. The highest BCUT2D eigenvalue weighted by molar-refractivity contribution is 5.91. The fourth-order valence-electron chi connectivity index (χ4n) is 6.17. The molecule has 0 radical (unpaired) electrons.